The zero-order valence-corrected chi connectivity index (χ0v) is 13.9. The molecule has 0 fully saturated rings. The van der Waals surface area contributed by atoms with Crippen molar-refractivity contribution in [2.75, 3.05) is 6.54 Å². The van der Waals surface area contributed by atoms with Crippen molar-refractivity contribution in [1.29, 1.82) is 0 Å². The van der Waals surface area contributed by atoms with Crippen LogP contribution in [0.3, 0.4) is 0 Å². The minimum absolute atomic E-state index is 0.145. The molecule has 0 aliphatic rings. The Morgan fingerprint density at radius 1 is 1.35 bits per heavy atom. The fourth-order valence-electron chi connectivity index (χ4n) is 2.07. The fraction of sp³-hybridized carbons (Fsp3) is 0.400. The fourth-order valence-corrected chi connectivity index (χ4v) is 3.33. The van der Waals surface area contributed by atoms with Gasteiger partial charge in [-0.25, -0.2) is 4.98 Å². The molecule has 20 heavy (non-hydrogen) atoms. The number of aryl methyl sites for hydroxylation is 1. The number of hydrogen-bond acceptors (Lipinski definition) is 3. The van der Waals surface area contributed by atoms with Crippen LogP contribution in [0.2, 0.25) is 10.0 Å². The first-order valence-electron chi connectivity index (χ1n) is 6.70. The van der Waals surface area contributed by atoms with E-state index in [0.717, 1.165) is 35.7 Å². The lowest BCUT2D eigenvalue weighted by molar-refractivity contribution is 0.528. The summed E-state index contributed by atoms with van der Waals surface area (Å²) in [6.45, 7) is 5.11. The molecule has 0 saturated heterocycles. The summed E-state index contributed by atoms with van der Waals surface area (Å²) in [5.74, 6) is 0. The molecule has 0 bridgehead atoms. The van der Waals surface area contributed by atoms with Gasteiger partial charge in [-0.3, -0.25) is 0 Å². The molecule has 1 aromatic heterocycles. The van der Waals surface area contributed by atoms with Crippen molar-refractivity contribution in [1.82, 2.24) is 10.3 Å². The van der Waals surface area contributed by atoms with E-state index in [1.807, 2.05) is 25.1 Å². The van der Waals surface area contributed by atoms with Gasteiger partial charge in [0.15, 0.2) is 0 Å². The first-order valence-corrected chi connectivity index (χ1v) is 8.33. The Labute approximate surface area is 134 Å². The van der Waals surface area contributed by atoms with E-state index in [4.69, 9.17) is 23.2 Å². The molecule has 2 rings (SSSR count). The highest BCUT2D eigenvalue weighted by Crippen LogP contribution is 2.32. The summed E-state index contributed by atoms with van der Waals surface area (Å²) >= 11 is 14.2. The van der Waals surface area contributed by atoms with Crippen LogP contribution in [0.4, 0.5) is 0 Å². The molecule has 1 N–H and O–H groups in total. The molecular formula is C15H18Cl2N2S. The van der Waals surface area contributed by atoms with Crippen molar-refractivity contribution >= 4 is 34.5 Å². The predicted octanol–water partition coefficient (Wildman–Crippen LogP) is 5.04. The lowest BCUT2D eigenvalue weighted by Crippen LogP contribution is -2.24. The molecule has 5 heteroatoms. The highest BCUT2D eigenvalue weighted by Gasteiger charge is 2.17. The van der Waals surface area contributed by atoms with E-state index in [1.54, 1.807) is 11.3 Å². The summed E-state index contributed by atoms with van der Waals surface area (Å²) in [5.41, 5.74) is 2.11. The zero-order valence-electron chi connectivity index (χ0n) is 11.6. The number of hydrogen-bond donors (Lipinski definition) is 1. The van der Waals surface area contributed by atoms with Crippen molar-refractivity contribution in [3.8, 4) is 0 Å². The smallest absolute Gasteiger partial charge is 0.0947 e. The Bertz CT molecular complexity index is 569. The van der Waals surface area contributed by atoms with Crippen LogP contribution in [0.25, 0.3) is 0 Å². The molecule has 108 valence electrons. The molecule has 1 unspecified atom stereocenters. The van der Waals surface area contributed by atoms with Crippen LogP contribution in [0.15, 0.2) is 23.6 Å². The van der Waals surface area contributed by atoms with Gasteiger partial charge in [0.1, 0.15) is 0 Å². The van der Waals surface area contributed by atoms with Gasteiger partial charge >= 0.3 is 0 Å². The Morgan fingerprint density at radius 2 is 2.15 bits per heavy atom. The molecule has 0 amide bonds. The van der Waals surface area contributed by atoms with E-state index in [9.17, 15) is 0 Å². The first kappa shape index (κ1) is 15.8. The SMILES string of the molecule is CCCNC(Cc1nc(C)cs1)c1cccc(Cl)c1Cl. The van der Waals surface area contributed by atoms with Gasteiger partial charge < -0.3 is 5.32 Å². The molecule has 0 aliphatic carbocycles. The Morgan fingerprint density at radius 3 is 2.80 bits per heavy atom. The summed E-state index contributed by atoms with van der Waals surface area (Å²) in [6, 6.07) is 5.93. The standard InChI is InChI=1S/C15H18Cl2N2S/c1-3-7-18-13(8-14-19-10(2)9-20-14)11-5-4-6-12(16)15(11)17/h4-6,9,13,18H,3,7-8H2,1-2H3. The normalized spacial score (nSPS) is 12.6. The quantitative estimate of drug-likeness (QED) is 0.803. The first-order chi connectivity index (χ1) is 9.61. The number of nitrogens with one attached hydrogen (secondary N) is 1. The predicted molar refractivity (Wildman–Crippen MR) is 88.1 cm³/mol. The van der Waals surface area contributed by atoms with E-state index in [-0.39, 0.29) is 6.04 Å². The summed E-state index contributed by atoms with van der Waals surface area (Å²) in [6.07, 6.45) is 1.91. The van der Waals surface area contributed by atoms with Crippen LogP contribution >= 0.6 is 34.5 Å². The van der Waals surface area contributed by atoms with Gasteiger partial charge in [0, 0.05) is 23.5 Å². The van der Waals surface area contributed by atoms with Crippen molar-refractivity contribution in [3.63, 3.8) is 0 Å². The molecule has 0 aliphatic heterocycles. The third-order valence-electron chi connectivity index (χ3n) is 3.04. The third-order valence-corrected chi connectivity index (χ3v) is 4.87. The molecule has 2 nitrogen and oxygen atoms in total. The van der Waals surface area contributed by atoms with E-state index in [0.29, 0.717) is 10.0 Å². The summed E-state index contributed by atoms with van der Waals surface area (Å²) in [5, 5.41) is 7.96. The van der Waals surface area contributed by atoms with Gasteiger partial charge in [0.2, 0.25) is 0 Å². The van der Waals surface area contributed by atoms with Crippen LogP contribution in [0.1, 0.15) is 35.7 Å². The highest BCUT2D eigenvalue weighted by molar-refractivity contribution is 7.09. The second-order valence-corrected chi connectivity index (χ2v) is 6.46. The minimum atomic E-state index is 0.145. The average molecular weight is 329 g/mol. The average Bonchev–Trinajstić information content (AvgIpc) is 2.83. The third kappa shape index (κ3) is 3.95. The maximum atomic E-state index is 6.35. The number of nitrogens with zero attached hydrogens (tertiary/aromatic N) is 1. The summed E-state index contributed by atoms with van der Waals surface area (Å²) in [4.78, 5) is 4.54. The molecule has 2 aromatic rings. The van der Waals surface area contributed by atoms with Crippen molar-refractivity contribution in [3.05, 3.63) is 49.9 Å². The van der Waals surface area contributed by atoms with Crippen LogP contribution in [-0.2, 0) is 6.42 Å². The van der Waals surface area contributed by atoms with Gasteiger partial charge in [-0.1, -0.05) is 42.3 Å². The largest absolute Gasteiger partial charge is 0.310 e. The Kier molecular flexibility index (Phi) is 5.85. The summed E-state index contributed by atoms with van der Waals surface area (Å²) < 4.78 is 0. The topological polar surface area (TPSA) is 24.9 Å². The number of benzene rings is 1. The van der Waals surface area contributed by atoms with Gasteiger partial charge in [-0.15, -0.1) is 11.3 Å². The molecule has 0 saturated carbocycles. The maximum Gasteiger partial charge on any atom is 0.0947 e. The van der Waals surface area contributed by atoms with E-state index < -0.39 is 0 Å². The Hall–Kier alpha value is -0.610. The van der Waals surface area contributed by atoms with Crippen LogP contribution < -0.4 is 5.32 Å². The van der Waals surface area contributed by atoms with Crippen LogP contribution in [0.5, 0.6) is 0 Å². The van der Waals surface area contributed by atoms with E-state index in [1.165, 1.54) is 0 Å². The van der Waals surface area contributed by atoms with Crippen molar-refractivity contribution in [2.24, 2.45) is 0 Å². The second-order valence-electron chi connectivity index (χ2n) is 4.74. The van der Waals surface area contributed by atoms with Crippen LogP contribution in [-0.4, -0.2) is 11.5 Å². The molecule has 1 heterocycles. The van der Waals surface area contributed by atoms with Crippen LogP contribution in [0, 0.1) is 6.92 Å². The van der Waals surface area contributed by atoms with Crippen molar-refractivity contribution in [2.45, 2.75) is 32.7 Å². The molecular weight excluding hydrogens is 311 g/mol. The van der Waals surface area contributed by atoms with Gasteiger partial charge in [-0.2, -0.15) is 0 Å². The molecule has 1 aromatic carbocycles. The monoisotopic (exact) mass is 328 g/mol. The van der Waals surface area contributed by atoms with Gasteiger partial charge in [-0.05, 0) is 31.5 Å². The van der Waals surface area contributed by atoms with Gasteiger partial charge in [0.25, 0.3) is 0 Å². The molecule has 0 spiro atoms. The van der Waals surface area contributed by atoms with E-state index >= 15 is 0 Å². The number of aromatic nitrogens is 1. The number of halogens is 2. The Balaban J connectivity index is 2.24. The van der Waals surface area contributed by atoms with Crippen molar-refractivity contribution < 1.29 is 0 Å². The zero-order chi connectivity index (χ0) is 14.5. The highest BCUT2D eigenvalue weighted by atomic mass is 35.5. The number of rotatable bonds is 6. The van der Waals surface area contributed by atoms with E-state index in [2.05, 4.69) is 22.6 Å². The lowest BCUT2D eigenvalue weighted by atomic mass is 10.0. The minimum Gasteiger partial charge on any atom is -0.310 e. The lowest BCUT2D eigenvalue weighted by Gasteiger charge is -2.19. The molecule has 0 radical (unpaired) electrons. The van der Waals surface area contributed by atoms with Gasteiger partial charge in [0.05, 0.1) is 15.1 Å². The summed E-state index contributed by atoms with van der Waals surface area (Å²) in [7, 11) is 0. The number of thiazole rings is 1. The second kappa shape index (κ2) is 7.41. The molecule has 1 atom stereocenters. The maximum absolute atomic E-state index is 6.35.